The first kappa shape index (κ1) is 17.3. The molecule has 0 aliphatic carbocycles. The molecule has 0 spiro atoms. The van der Waals surface area contributed by atoms with Gasteiger partial charge in [-0.25, -0.2) is 8.42 Å². The summed E-state index contributed by atoms with van der Waals surface area (Å²) in [7, 11) is -6.73. The van der Waals surface area contributed by atoms with Crippen LogP contribution in [0.1, 0.15) is 25.2 Å². The molecule has 1 atom stereocenters. The van der Waals surface area contributed by atoms with Gasteiger partial charge in [-0.1, -0.05) is 12.1 Å². The van der Waals surface area contributed by atoms with Crippen molar-refractivity contribution in [3.63, 3.8) is 0 Å². The zero-order chi connectivity index (χ0) is 15.4. The average molecular weight is 321 g/mol. The van der Waals surface area contributed by atoms with Crippen molar-refractivity contribution >= 4 is 17.4 Å². The highest BCUT2D eigenvalue weighted by molar-refractivity contribution is 7.90. The topological polar surface area (TPSA) is 95.7 Å². The molecular formula is C12H20NO5PS. The normalized spacial score (nSPS) is 14.2. The largest absolute Gasteiger partial charge is 0.351 e. The Morgan fingerprint density at radius 2 is 1.60 bits per heavy atom. The first-order valence-electron chi connectivity index (χ1n) is 6.19. The molecule has 0 heterocycles. The van der Waals surface area contributed by atoms with E-state index in [-0.39, 0.29) is 18.1 Å². The molecule has 1 aromatic rings. The van der Waals surface area contributed by atoms with Crippen LogP contribution in [0.2, 0.25) is 0 Å². The van der Waals surface area contributed by atoms with Gasteiger partial charge >= 0.3 is 7.60 Å². The SMILES string of the molecule is CCOP(=O)(OCC)[C@H](N)c1ccc(S(C)(=O)=O)cc1. The van der Waals surface area contributed by atoms with Gasteiger partial charge in [0.1, 0.15) is 5.78 Å². The van der Waals surface area contributed by atoms with Crippen LogP contribution in [0.15, 0.2) is 29.2 Å². The van der Waals surface area contributed by atoms with Gasteiger partial charge in [0.15, 0.2) is 9.84 Å². The minimum Gasteiger partial charge on any atom is -0.314 e. The Hall–Kier alpha value is -0.720. The second-order valence-electron chi connectivity index (χ2n) is 4.16. The second kappa shape index (κ2) is 6.83. The van der Waals surface area contributed by atoms with E-state index >= 15 is 0 Å². The standard InChI is InChI=1S/C12H20NO5PS/c1-4-17-19(14,18-5-2)12(13)10-6-8-11(9-7-10)20(3,15)16/h6-9,12H,4-5,13H2,1-3H3/t12-/m0/s1. The third-order valence-corrected chi connectivity index (χ3v) is 5.95. The molecule has 0 saturated heterocycles. The number of hydrogen-bond donors (Lipinski definition) is 1. The van der Waals surface area contributed by atoms with Gasteiger partial charge in [-0.2, -0.15) is 0 Å². The fourth-order valence-electron chi connectivity index (χ4n) is 1.65. The number of nitrogens with two attached hydrogens (primary N) is 1. The molecule has 114 valence electrons. The number of hydrogen-bond acceptors (Lipinski definition) is 6. The molecule has 0 radical (unpaired) electrons. The van der Waals surface area contributed by atoms with E-state index in [0.29, 0.717) is 5.56 Å². The predicted molar refractivity (Wildman–Crippen MR) is 77.3 cm³/mol. The summed E-state index contributed by atoms with van der Waals surface area (Å²) in [6, 6.07) is 5.89. The van der Waals surface area contributed by atoms with E-state index in [1.54, 1.807) is 13.8 Å². The molecule has 1 aromatic carbocycles. The van der Waals surface area contributed by atoms with Crippen molar-refractivity contribution in [2.24, 2.45) is 5.73 Å². The molecule has 0 fully saturated rings. The summed E-state index contributed by atoms with van der Waals surface area (Å²) in [5, 5.41) is 0. The fourth-order valence-corrected chi connectivity index (χ4v) is 3.94. The lowest BCUT2D eigenvalue weighted by Crippen LogP contribution is -2.15. The molecule has 0 aromatic heterocycles. The summed E-state index contributed by atoms with van der Waals surface area (Å²) in [6.45, 7) is 3.83. The molecule has 0 saturated carbocycles. The van der Waals surface area contributed by atoms with Crippen molar-refractivity contribution in [1.82, 2.24) is 0 Å². The highest BCUT2D eigenvalue weighted by Gasteiger charge is 2.33. The van der Waals surface area contributed by atoms with Gasteiger partial charge in [0.25, 0.3) is 0 Å². The van der Waals surface area contributed by atoms with Gasteiger partial charge < -0.3 is 14.8 Å². The first-order valence-corrected chi connectivity index (χ1v) is 9.69. The van der Waals surface area contributed by atoms with Gasteiger partial charge in [0, 0.05) is 6.26 Å². The maximum absolute atomic E-state index is 12.5. The lowest BCUT2D eigenvalue weighted by Gasteiger charge is -2.23. The highest BCUT2D eigenvalue weighted by atomic mass is 32.2. The van der Waals surface area contributed by atoms with Crippen LogP contribution in [-0.2, 0) is 23.4 Å². The van der Waals surface area contributed by atoms with Gasteiger partial charge in [0.2, 0.25) is 0 Å². The molecule has 0 bridgehead atoms. The maximum Gasteiger partial charge on any atom is 0.351 e. The lowest BCUT2D eigenvalue weighted by atomic mass is 10.2. The summed E-state index contributed by atoms with van der Waals surface area (Å²) < 4.78 is 45.6. The van der Waals surface area contributed by atoms with Crippen LogP contribution in [0, 0.1) is 0 Å². The van der Waals surface area contributed by atoms with Crippen molar-refractivity contribution in [1.29, 1.82) is 0 Å². The van der Waals surface area contributed by atoms with E-state index in [9.17, 15) is 13.0 Å². The van der Waals surface area contributed by atoms with Crippen molar-refractivity contribution in [2.45, 2.75) is 24.5 Å². The number of benzene rings is 1. The third-order valence-electron chi connectivity index (χ3n) is 2.61. The van der Waals surface area contributed by atoms with Crippen molar-refractivity contribution in [3.05, 3.63) is 29.8 Å². The second-order valence-corrected chi connectivity index (χ2v) is 8.33. The summed E-state index contributed by atoms with van der Waals surface area (Å²) in [5.41, 5.74) is 6.44. The van der Waals surface area contributed by atoms with E-state index < -0.39 is 23.2 Å². The summed E-state index contributed by atoms with van der Waals surface area (Å²) in [5.74, 6) is -0.948. The summed E-state index contributed by atoms with van der Waals surface area (Å²) >= 11 is 0. The fraction of sp³-hybridized carbons (Fsp3) is 0.500. The molecule has 0 aliphatic rings. The van der Waals surface area contributed by atoms with Crippen LogP contribution in [0.25, 0.3) is 0 Å². The van der Waals surface area contributed by atoms with Crippen molar-refractivity contribution < 1.29 is 22.0 Å². The zero-order valence-electron chi connectivity index (χ0n) is 11.8. The molecular weight excluding hydrogens is 301 g/mol. The molecule has 6 nitrogen and oxygen atoms in total. The van der Waals surface area contributed by atoms with Crippen LogP contribution < -0.4 is 5.73 Å². The predicted octanol–water partition coefficient (Wildman–Crippen LogP) is 2.31. The zero-order valence-corrected chi connectivity index (χ0v) is 13.5. The first-order chi connectivity index (χ1) is 9.24. The van der Waals surface area contributed by atoms with E-state index in [1.807, 2.05) is 0 Å². The van der Waals surface area contributed by atoms with Gasteiger partial charge in [-0.3, -0.25) is 4.57 Å². The minimum atomic E-state index is -3.46. The molecule has 1 rings (SSSR count). The average Bonchev–Trinajstić information content (AvgIpc) is 2.37. The Morgan fingerprint density at radius 3 is 1.95 bits per heavy atom. The molecule has 8 heteroatoms. The molecule has 0 unspecified atom stereocenters. The molecule has 20 heavy (non-hydrogen) atoms. The molecule has 2 N–H and O–H groups in total. The van der Waals surface area contributed by atoms with Crippen molar-refractivity contribution in [3.8, 4) is 0 Å². The van der Waals surface area contributed by atoms with E-state index in [1.165, 1.54) is 24.3 Å². The quantitative estimate of drug-likeness (QED) is 0.774. The van der Waals surface area contributed by atoms with E-state index in [2.05, 4.69) is 0 Å². The van der Waals surface area contributed by atoms with Gasteiger partial charge in [-0.15, -0.1) is 0 Å². The van der Waals surface area contributed by atoms with Crippen LogP contribution in [0.3, 0.4) is 0 Å². The van der Waals surface area contributed by atoms with Gasteiger partial charge in [-0.05, 0) is 31.5 Å². The third kappa shape index (κ3) is 4.14. The van der Waals surface area contributed by atoms with E-state index in [0.717, 1.165) is 6.26 Å². The summed E-state index contributed by atoms with van der Waals surface area (Å²) in [6.07, 6.45) is 1.12. The molecule has 0 aliphatic heterocycles. The van der Waals surface area contributed by atoms with Crippen LogP contribution in [0.5, 0.6) is 0 Å². The minimum absolute atomic E-state index is 0.177. The Kier molecular flexibility index (Phi) is 5.91. The monoisotopic (exact) mass is 321 g/mol. The van der Waals surface area contributed by atoms with Crippen molar-refractivity contribution in [2.75, 3.05) is 19.5 Å². The Labute approximate surface area is 119 Å². The number of sulfone groups is 1. The van der Waals surface area contributed by atoms with Gasteiger partial charge in [0.05, 0.1) is 18.1 Å². The smallest absolute Gasteiger partial charge is 0.314 e. The van der Waals surface area contributed by atoms with Crippen LogP contribution >= 0.6 is 7.60 Å². The Balaban J connectivity index is 3.07. The van der Waals surface area contributed by atoms with Crippen LogP contribution in [0.4, 0.5) is 0 Å². The summed E-state index contributed by atoms with van der Waals surface area (Å²) in [4.78, 5) is 0.177. The lowest BCUT2D eigenvalue weighted by molar-refractivity contribution is 0.212. The van der Waals surface area contributed by atoms with E-state index in [4.69, 9.17) is 14.8 Å². The molecule has 0 amide bonds. The Bertz CT molecular complexity index is 574. The number of rotatable bonds is 7. The Morgan fingerprint density at radius 1 is 1.15 bits per heavy atom. The highest BCUT2D eigenvalue weighted by Crippen LogP contribution is 2.58. The maximum atomic E-state index is 12.5. The van der Waals surface area contributed by atoms with Crippen LogP contribution in [-0.4, -0.2) is 27.9 Å².